The molecular weight excluding hydrogens is 344 g/mol. The van der Waals surface area contributed by atoms with Crippen LogP contribution in [-0.4, -0.2) is 25.7 Å². The van der Waals surface area contributed by atoms with Crippen LogP contribution in [0.1, 0.15) is 24.8 Å². The highest BCUT2D eigenvalue weighted by Crippen LogP contribution is 2.46. The summed E-state index contributed by atoms with van der Waals surface area (Å²) < 4.78 is 6.17. The van der Waals surface area contributed by atoms with E-state index in [2.05, 4.69) is 33.4 Å². The molecule has 1 amide bonds. The molecule has 1 aliphatic carbocycles. The summed E-state index contributed by atoms with van der Waals surface area (Å²) in [6.07, 6.45) is 2.06. The molecule has 1 aromatic carbocycles. The van der Waals surface area contributed by atoms with Crippen molar-refractivity contribution in [2.24, 2.45) is 5.73 Å². The Hall–Kier alpha value is -0.620. The molecule has 1 aliphatic rings. The number of carbonyl (C=O) groups is 1. The first-order chi connectivity index (χ1) is 9.09. The maximum Gasteiger partial charge on any atom is 0.223 e. The summed E-state index contributed by atoms with van der Waals surface area (Å²) in [4.78, 5) is 12.0. The van der Waals surface area contributed by atoms with E-state index in [-0.39, 0.29) is 30.0 Å². The van der Waals surface area contributed by atoms with Crippen LogP contribution in [0.5, 0.6) is 0 Å². The van der Waals surface area contributed by atoms with Crippen molar-refractivity contribution in [1.29, 1.82) is 0 Å². The van der Waals surface area contributed by atoms with Gasteiger partial charge in [-0.25, -0.2) is 0 Å². The normalized spacial score (nSPS) is 16.9. The lowest BCUT2D eigenvalue weighted by molar-refractivity contribution is -0.124. The third-order valence-electron chi connectivity index (χ3n) is 3.52. The third kappa shape index (κ3) is 4.19. The van der Waals surface area contributed by atoms with Crippen LogP contribution in [0.25, 0.3) is 0 Å². The molecule has 3 N–H and O–H groups in total. The van der Waals surface area contributed by atoms with Crippen LogP contribution in [0.15, 0.2) is 28.7 Å². The van der Waals surface area contributed by atoms with E-state index < -0.39 is 0 Å². The molecular formula is C14H20BrClN2O2. The zero-order chi connectivity index (χ0) is 13.9. The smallest absolute Gasteiger partial charge is 0.223 e. The number of hydrogen-bond donors (Lipinski definition) is 2. The molecule has 0 radical (unpaired) electrons. The Morgan fingerprint density at radius 1 is 1.55 bits per heavy atom. The highest BCUT2D eigenvalue weighted by atomic mass is 79.9. The number of carbonyl (C=O) groups excluding carboxylic acids is 1. The predicted molar refractivity (Wildman–Crippen MR) is 84.9 cm³/mol. The fourth-order valence-electron chi connectivity index (χ4n) is 2.18. The maximum atomic E-state index is 12.0. The molecule has 0 bridgehead atoms. The second-order valence-corrected chi connectivity index (χ2v) is 5.85. The first-order valence-electron chi connectivity index (χ1n) is 6.39. The Kier molecular flexibility index (Phi) is 6.45. The Morgan fingerprint density at radius 2 is 2.25 bits per heavy atom. The van der Waals surface area contributed by atoms with Gasteiger partial charge in [-0.3, -0.25) is 4.79 Å². The van der Waals surface area contributed by atoms with Crippen LogP contribution in [0, 0.1) is 0 Å². The highest BCUT2D eigenvalue weighted by molar-refractivity contribution is 9.10. The minimum atomic E-state index is -0.210. The first-order valence-corrected chi connectivity index (χ1v) is 7.19. The summed E-state index contributed by atoms with van der Waals surface area (Å²) in [5.41, 5.74) is 6.49. The Labute approximate surface area is 134 Å². The molecule has 0 aromatic heterocycles. The van der Waals surface area contributed by atoms with Gasteiger partial charge in [-0.15, -0.1) is 12.4 Å². The summed E-state index contributed by atoms with van der Waals surface area (Å²) >= 11 is 3.46. The molecule has 20 heavy (non-hydrogen) atoms. The predicted octanol–water partition coefficient (Wildman–Crippen LogP) is 2.34. The van der Waals surface area contributed by atoms with E-state index in [0.717, 1.165) is 22.9 Å². The number of amides is 1. The number of hydrogen-bond acceptors (Lipinski definition) is 3. The van der Waals surface area contributed by atoms with E-state index in [1.165, 1.54) is 0 Å². The summed E-state index contributed by atoms with van der Waals surface area (Å²) in [5.74, 6) is -0.00484. The van der Waals surface area contributed by atoms with Crippen molar-refractivity contribution in [3.05, 3.63) is 34.3 Å². The molecule has 6 heteroatoms. The zero-order valence-corrected chi connectivity index (χ0v) is 13.8. The molecule has 112 valence electrons. The van der Waals surface area contributed by atoms with E-state index in [9.17, 15) is 4.79 Å². The standard InChI is InChI=1S/C14H19BrN2O2.ClH/c1-19-12(9-16)8-13(18)17-14(5-6-14)10-3-2-4-11(15)7-10;/h2-4,7,12H,5-6,8-9,16H2,1H3,(H,17,18);1H. The van der Waals surface area contributed by atoms with Gasteiger partial charge in [0.15, 0.2) is 0 Å². The molecule has 0 saturated heterocycles. The van der Waals surface area contributed by atoms with Crippen LogP contribution in [0.4, 0.5) is 0 Å². The number of ether oxygens (including phenoxy) is 1. The Balaban J connectivity index is 0.00000200. The lowest BCUT2D eigenvalue weighted by Crippen LogP contribution is -2.38. The highest BCUT2D eigenvalue weighted by Gasteiger charge is 2.45. The van der Waals surface area contributed by atoms with Crippen LogP contribution in [0.3, 0.4) is 0 Å². The molecule has 1 fully saturated rings. The van der Waals surface area contributed by atoms with Crippen molar-refractivity contribution >= 4 is 34.2 Å². The molecule has 0 aliphatic heterocycles. The fraction of sp³-hybridized carbons (Fsp3) is 0.500. The quantitative estimate of drug-likeness (QED) is 0.815. The fourth-order valence-corrected chi connectivity index (χ4v) is 2.58. The van der Waals surface area contributed by atoms with Gasteiger partial charge in [-0.05, 0) is 30.5 Å². The SMILES string of the molecule is COC(CN)CC(=O)NC1(c2cccc(Br)c2)CC1.Cl. The Morgan fingerprint density at radius 3 is 2.75 bits per heavy atom. The number of nitrogens with one attached hydrogen (secondary N) is 1. The van der Waals surface area contributed by atoms with Gasteiger partial charge in [0.25, 0.3) is 0 Å². The Bertz CT molecular complexity index is 462. The monoisotopic (exact) mass is 362 g/mol. The second kappa shape index (κ2) is 7.41. The number of benzene rings is 1. The summed E-state index contributed by atoms with van der Waals surface area (Å²) in [6.45, 7) is 0.355. The van der Waals surface area contributed by atoms with Gasteiger partial charge in [0.2, 0.25) is 5.91 Å². The number of rotatable bonds is 6. The lowest BCUT2D eigenvalue weighted by atomic mass is 10.0. The van der Waals surface area contributed by atoms with Gasteiger partial charge in [0.05, 0.1) is 18.1 Å². The lowest BCUT2D eigenvalue weighted by Gasteiger charge is -2.20. The summed E-state index contributed by atoms with van der Waals surface area (Å²) in [7, 11) is 1.58. The molecule has 0 heterocycles. The van der Waals surface area contributed by atoms with E-state index in [0.29, 0.717) is 13.0 Å². The van der Waals surface area contributed by atoms with Crippen molar-refractivity contribution in [3.8, 4) is 0 Å². The maximum absolute atomic E-state index is 12.0. The van der Waals surface area contributed by atoms with Crippen LogP contribution in [-0.2, 0) is 15.1 Å². The van der Waals surface area contributed by atoms with Crippen LogP contribution in [0.2, 0.25) is 0 Å². The number of halogens is 2. The van der Waals surface area contributed by atoms with Crippen molar-refractivity contribution in [1.82, 2.24) is 5.32 Å². The molecule has 4 nitrogen and oxygen atoms in total. The number of nitrogens with two attached hydrogens (primary N) is 1. The largest absolute Gasteiger partial charge is 0.380 e. The summed E-state index contributed by atoms with van der Waals surface area (Å²) in [5, 5.41) is 3.11. The van der Waals surface area contributed by atoms with Gasteiger partial charge in [-0.1, -0.05) is 28.1 Å². The third-order valence-corrected chi connectivity index (χ3v) is 4.01. The van der Waals surface area contributed by atoms with E-state index in [4.69, 9.17) is 10.5 Å². The first kappa shape index (κ1) is 17.4. The minimum Gasteiger partial charge on any atom is -0.380 e. The van der Waals surface area contributed by atoms with Crippen molar-refractivity contribution in [2.45, 2.75) is 30.9 Å². The summed E-state index contributed by atoms with van der Waals surface area (Å²) in [6, 6.07) is 8.08. The molecule has 1 aromatic rings. The van der Waals surface area contributed by atoms with Gasteiger partial charge < -0.3 is 15.8 Å². The van der Waals surface area contributed by atoms with Gasteiger partial charge in [0.1, 0.15) is 0 Å². The van der Waals surface area contributed by atoms with Crippen LogP contribution >= 0.6 is 28.3 Å². The molecule has 1 saturated carbocycles. The zero-order valence-electron chi connectivity index (χ0n) is 11.4. The van der Waals surface area contributed by atoms with Crippen molar-refractivity contribution in [3.63, 3.8) is 0 Å². The topological polar surface area (TPSA) is 64.3 Å². The van der Waals surface area contributed by atoms with E-state index in [1.807, 2.05) is 12.1 Å². The number of methoxy groups -OCH3 is 1. The van der Waals surface area contributed by atoms with Gasteiger partial charge in [-0.2, -0.15) is 0 Å². The molecule has 0 spiro atoms. The second-order valence-electron chi connectivity index (χ2n) is 4.94. The minimum absolute atomic E-state index is 0. The molecule has 1 atom stereocenters. The average Bonchev–Trinajstić information content (AvgIpc) is 3.17. The van der Waals surface area contributed by atoms with E-state index >= 15 is 0 Å². The van der Waals surface area contributed by atoms with Crippen molar-refractivity contribution < 1.29 is 9.53 Å². The van der Waals surface area contributed by atoms with Gasteiger partial charge >= 0.3 is 0 Å². The molecule has 1 unspecified atom stereocenters. The average molecular weight is 364 g/mol. The van der Waals surface area contributed by atoms with Crippen molar-refractivity contribution in [2.75, 3.05) is 13.7 Å². The van der Waals surface area contributed by atoms with E-state index in [1.54, 1.807) is 7.11 Å². The van der Waals surface area contributed by atoms with Gasteiger partial charge in [0, 0.05) is 18.1 Å². The molecule has 2 rings (SSSR count). The van der Waals surface area contributed by atoms with Crippen LogP contribution < -0.4 is 11.1 Å².